The molecule has 0 radical (unpaired) electrons. The Labute approximate surface area is 68.8 Å². The highest BCUT2D eigenvalue weighted by Crippen LogP contribution is 2.11. The zero-order chi connectivity index (χ0) is 9.14. The maximum absolute atomic E-state index is 10.6. The highest BCUT2D eigenvalue weighted by molar-refractivity contribution is 5.93. The number of amides is 2. The summed E-state index contributed by atoms with van der Waals surface area (Å²) in [6, 6.07) is 0. The number of carbonyl (C=O) groups excluding carboxylic acids is 1. The molecule has 5 nitrogen and oxygen atoms in total. The van der Waals surface area contributed by atoms with Crippen molar-refractivity contribution in [2.45, 2.75) is 6.42 Å². The van der Waals surface area contributed by atoms with Gasteiger partial charge in [-0.3, -0.25) is 9.69 Å². The van der Waals surface area contributed by atoms with E-state index in [2.05, 4.69) is 0 Å². The molecule has 64 valence electrons. The molecule has 0 atom stereocenters. The molecule has 0 fully saturated rings. The molecule has 0 saturated heterocycles. The van der Waals surface area contributed by atoms with Crippen LogP contribution in [0.4, 0.5) is 4.79 Å². The van der Waals surface area contributed by atoms with Gasteiger partial charge in [-0.1, -0.05) is 6.08 Å². The fraction of sp³-hybridized carbons (Fsp3) is 0.143. The van der Waals surface area contributed by atoms with Crippen molar-refractivity contribution in [3.63, 3.8) is 0 Å². The van der Waals surface area contributed by atoms with Crippen LogP contribution in [0.2, 0.25) is 0 Å². The number of nitrogens with two attached hydrogens (primary N) is 1. The van der Waals surface area contributed by atoms with E-state index in [1.165, 1.54) is 12.4 Å². The van der Waals surface area contributed by atoms with Crippen molar-refractivity contribution < 1.29 is 14.7 Å². The highest BCUT2D eigenvalue weighted by Gasteiger charge is 2.13. The van der Waals surface area contributed by atoms with E-state index in [-0.39, 0.29) is 0 Å². The Morgan fingerprint density at radius 2 is 2.25 bits per heavy atom. The number of allylic oxidation sites excluding steroid dienone is 1. The van der Waals surface area contributed by atoms with E-state index >= 15 is 0 Å². The predicted octanol–water partition coefficient (Wildman–Crippen LogP) is 0.253. The van der Waals surface area contributed by atoms with Gasteiger partial charge in [0.1, 0.15) is 0 Å². The molecule has 0 aromatic carbocycles. The Morgan fingerprint density at radius 1 is 1.58 bits per heavy atom. The summed E-state index contributed by atoms with van der Waals surface area (Å²) >= 11 is 0. The Hall–Kier alpha value is -1.78. The lowest BCUT2D eigenvalue weighted by molar-refractivity contribution is -0.114. The van der Waals surface area contributed by atoms with Gasteiger partial charge in [-0.25, -0.2) is 4.79 Å². The molecular weight excluding hydrogens is 160 g/mol. The average Bonchev–Trinajstić information content (AvgIpc) is 2.04. The summed E-state index contributed by atoms with van der Waals surface area (Å²) in [5, 5.41) is 8.52. The fourth-order valence-electron chi connectivity index (χ4n) is 0.840. The second kappa shape index (κ2) is 3.08. The van der Waals surface area contributed by atoms with Crippen LogP contribution in [0, 0.1) is 0 Å². The smallest absolute Gasteiger partial charge is 0.415 e. The van der Waals surface area contributed by atoms with E-state index in [0.717, 1.165) is 4.90 Å². The third-order valence-corrected chi connectivity index (χ3v) is 1.44. The third kappa shape index (κ3) is 1.63. The van der Waals surface area contributed by atoms with Gasteiger partial charge in [0, 0.05) is 18.0 Å². The minimum absolute atomic E-state index is 0.292. The number of primary amides is 1. The van der Waals surface area contributed by atoms with Gasteiger partial charge in [0.05, 0.1) is 0 Å². The second-order valence-corrected chi connectivity index (χ2v) is 2.30. The zero-order valence-corrected chi connectivity index (χ0v) is 6.23. The first-order valence-corrected chi connectivity index (χ1v) is 3.29. The van der Waals surface area contributed by atoms with Gasteiger partial charge in [0.25, 0.3) is 0 Å². The largest absolute Gasteiger partial charge is 0.464 e. The van der Waals surface area contributed by atoms with Crippen LogP contribution >= 0.6 is 0 Å². The lowest BCUT2D eigenvalue weighted by Gasteiger charge is -2.14. The quantitative estimate of drug-likeness (QED) is 0.588. The molecule has 1 aliphatic heterocycles. The Balaban J connectivity index is 2.81. The van der Waals surface area contributed by atoms with Gasteiger partial charge in [0.2, 0.25) is 5.91 Å². The lowest BCUT2D eigenvalue weighted by Crippen LogP contribution is -2.24. The first kappa shape index (κ1) is 8.32. The van der Waals surface area contributed by atoms with Gasteiger partial charge in [0.15, 0.2) is 0 Å². The van der Waals surface area contributed by atoms with Crippen LogP contribution in [0.15, 0.2) is 24.0 Å². The minimum atomic E-state index is -1.13. The Morgan fingerprint density at radius 3 is 2.75 bits per heavy atom. The van der Waals surface area contributed by atoms with E-state index in [4.69, 9.17) is 10.8 Å². The number of hydrogen-bond acceptors (Lipinski definition) is 2. The standard InChI is InChI=1S/C7H8N2O3/c8-6(10)5-2-1-3-9(4-5)7(11)12/h1,3-4H,2H2,(H2,8,10)(H,11,12). The summed E-state index contributed by atoms with van der Waals surface area (Å²) in [6.45, 7) is 0. The van der Waals surface area contributed by atoms with Crippen molar-refractivity contribution in [1.82, 2.24) is 4.90 Å². The van der Waals surface area contributed by atoms with E-state index in [1.807, 2.05) is 0 Å². The number of hydrogen-bond donors (Lipinski definition) is 2. The van der Waals surface area contributed by atoms with Crippen molar-refractivity contribution in [2.24, 2.45) is 5.73 Å². The Kier molecular flexibility index (Phi) is 2.14. The fourth-order valence-corrected chi connectivity index (χ4v) is 0.840. The average molecular weight is 168 g/mol. The highest BCUT2D eigenvalue weighted by atomic mass is 16.4. The zero-order valence-electron chi connectivity index (χ0n) is 6.23. The SMILES string of the molecule is NC(=O)C1=CN(C(=O)O)C=CC1. The molecule has 0 aliphatic carbocycles. The first-order valence-electron chi connectivity index (χ1n) is 3.29. The molecule has 1 rings (SSSR count). The maximum Gasteiger partial charge on any atom is 0.415 e. The van der Waals surface area contributed by atoms with Gasteiger partial charge >= 0.3 is 6.09 Å². The van der Waals surface area contributed by atoms with Crippen LogP contribution in [0.5, 0.6) is 0 Å². The van der Waals surface area contributed by atoms with Gasteiger partial charge in [-0.2, -0.15) is 0 Å². The molecule has 2 amide bonds. The van der Waals surface area contributed by atoms with Crippen LogP contribution in [-0.2, 0) is 4.79 Å². The molecule has 0 aromatic heterocycles. The summed E-state index contributed by atoms with van der Waals surface area (Å²) in [7, 11) is 0. The Bertz CT molecular complexity index is 280. The summed E-state index contributed by atoms with van der Waals surface area (Å²) in [4.78, 5) is 21.9. The molecule has 5 heteroatoms. The van der Waals surface area contributed by atoms with E-state index < -0.39 is 12.0 Å². The van der Waals surface area contributed by atoms with Crippen LogP contribution in [0.25, 0.3) is 0 Å². The predicted molar refractivity (Wildman–Crippen MR) is 40.9 cm³/mol. The van der Waals surface area contributed by atoms with Gasteiger partial charge in [-0.05, 0) is 6.42 Å². The number of carboxylic acid groups (broad SMARTS) is 1. The number of rotatable bonds is 1. The van der Waals surface area contributed by atoms with E-state index in [1.54, 1.807) is 6.08 Å². The molecule has 0 bridgehead atoms. The summed E-state index contributed by atoms with van der Waals surface area (Å²) in [6.07, 6.45) is 3.40. The van der Waals surface area contributed by atoms with Crippen molar-refractivity contribution in [2.75, 3.05) is 0 Å². The normalized spacial score (nSPS) is 15.7. The molecule has 1 aliphatic rings. The van der Waals surface area contributed by atoms with Crippen molar-refractivity contribution in [3.8, 4) is 0 Å². The molecule has 0 aromatic rings. The monoisotopic (exact) mass is 168 g/mol. The molecule has 0 unspecified atom stereocenters. The summed E-state index contributed by atoms with van der Waals surface area (Å²) in [5.74, 6) is -0.592. The van der Waals surface area contributed by atoms with E-state index in [0.29, 0.717) is 12.0 Å². The molecule has 0 spiro atoms. The number of carbonyl (C=O) groups is 2. The van der Waals surface area contributed by atoms with Crippen LogP contribution in [0.3, 0.4) is 0 Å². The molecular formula is C7H8N2O3. The number of nitrogens with zero attached hydrogens (tertiary/aromatic N) is 1. The molecule has 12 heavy (non-hydrogen) atoms. The summed E-state index contributed by atoms with van der Waals surface area (Å²) in [5.41, 5.74) is 5.26. The summed E-state index contributed by atoms with van der Waals surface area (Å²) < 4.78 is 0. The first-order chi connectivity index (χ1) is 5.61. The maximum atomic E-state index is 10.6. The van der Waals surface area contributed by atoms with Gasteiger partial charge < -0.3 is 10.8 Å². The minimum Gasteiger partial charge on any atom is -0.464 e. The topological polar surface area (TPSA) is 83.6 Å². The van der Waals surface area contributed by atoms with Crippen LogP contribution in [0.1, 0.15) is 6.42 Å². The molecule has 1 heterocycles. The van der Waals surface area contributed by atoms with Crippen LogP contribution < -0.4 is 5.73 Å². The van der Waals surface area contributed by atoms with Crippen molar-refractivity contribution in [1.29, 1.82) is 0 Å². The molecule has 0 saturated carbocycles. The second-order valence-electron chi connectivity index (χ2n) is 2.30. The van der Waals surface area contributed by atoms with Crippen molar-refractivity contribution >= 4 is 12.0 Å². The van der Waals surface area contributed by atoms with Gasteiger partial charge in [-0.15, -0.1) is 0 Å². The lowest BCUT2D eigenvalue weighted by atomic mass is 10.1. The van der Waals surface area contributed by atoms with E-state index in [9.17, 15) is 9.59 Å². The molecule has 3 N–H and O–H groups in total. The third-order valence-electron chi connectivity index (χ3n) is 1.44. The van der Waals surface area contributed by atoms with Crippen LogP contribution in [-0.4, -0.2) is 22.0 Å². The van der Waals surface area contributed by atoms with Crippen molar-refractivity contribution in [3.05, 3.63) is 24.0 Å².